The fourth-order valence-electron chi connectivity index (χ4n) is 2.24. The van der Waals surface area contributed by atoms with Gasteiger partial charge < -0.3 is 5.32 Å². The van der Waals surface area contributed by atoms with Crippen LogP contribution in [0.2, 0.25) is 5.02 Å². The summed E-state index contributed by atoms with van der Waals surface area (Å²) in [7, 11) is 0. The number of carbonyl (C=O) groups excluding carboxylic acids is 2. The van der Waals surface area contributed by atoms with Crippen molar-refractivity contribution in [1.82, 2.24) is 0 Å². The van der Waals surface area contributed by atoms with Crippen molar-refractivity contribution in [2.75, 3.05) is 10.3 Å². The Labute approximate surface area is 138 Å². The molecule has 2 aromatic rings. The number of rotatable bonds is 3. The minimum absolute atomic E-state index is 0.134. The molecular weight excluding hydrogens is 314 g/mol. The van der Waals surface area contributed by atoms with Gasteiger partial charge in [-0.2, -0.15) is 5.10 Å². The van der Waals surface area contributed by atoms with Crippen LogP contribution in [0.3, 0.4) is 0 Å². The van der Waals surface area contributed by atoms with E-state index in [1.165, 1.54) is 5.01 Å². The monoisotopic (exact) mass is 327 g/mol. The summed E-state index contributed by atoms with van der Waals surface area (Å²) in [5.41, 5.74) is 1.46. The molecule has 5 nitrogen and oxygen atoms in total. The number of hydrogen-bond donors (Lipinski definition) is 1. The number of hydrazone groups is 1. The maximum absolute atomic E-state index is 12.4. The van der Waals surface area contributed by atoms with Gasteiger partial charge in [0.2, 0.25) is 5.91 Å². The molecule has 0 aliphatic carbocycles. The fourth-order valence-corrected chi connectivity index (χ4v) is 2.43. The SMILES string of the molecule is O=C(Nc1ccccc1Cl)C1=NN(c2ccccc2)C(=O)CC1. The fraction of sp³-hybridized carbons (Fsp3) is 0.118. The lowest BCUT2D eigenvalue weighted by molar-refractivity contribution is -0.118. The van der Waals surface area contributed by atoms with E-state index in [1.54, 1.807) is 36.4 Å². The Balaban J connectivity index is 1.83. The first-order chi connectivity index (χ1) is 11.1. The molecule has 0 spiro atoms. The van der Waals surface area contributed by atoms with Crippen LogP contribution >= 0.6 is 11.6 Å². The second kappa shape index (κ2) is 6.62. The van der Waals surface area contributed by atoms with E-state index < -0.39 is 0 Å². The van der Waals surface area contributed by atoms with E-state index in [2.05, 4.69) is 10.4 Å². The second-order valence-electron chi connectivity index (χ2n) is 5.02. The highest BCUT2D eigenvalue weighted by Crippen LogP contribution is 2.22. The Morgan fingerprint density at radius 2 is 1.74 bits per heavy atom. The Bertz CT molecular complexity index is 774. The lowest BCUT2D eigenvalue weighted by Crippen LogP contribution is -2.36. The summed E-state index contributed by atoms with van der Waals surface area (Å²) in [5.74, 6) is -0.489. The molecule has 0 saturated heterocycles. The summed E-state index contributed by atoms with van der Waals surface area (Å²) in [6, 6.07) is 16.0. The first-order valence-corrected chi connectivity index (χ1v) is 7.54. The van der Waals surface area contributed by atoms with Crippen LogP contribution in [-0.2, 0) is 9.59 Å². The number of anilines is 2. The zero-order valence-corrected chi connectivity index (χ0v) is 13.0. The maximum Gasteiger partial charge on any atom is 0.271 e. The van der Waals surface area contributed by atoms with Crippen LogP contribution in [-0.4, -0.2) is 17.5 Å². The molecule has 0 atom stereocenters. The van der Waals surface area contributed by atoms with Crippen LogP contribution in [0.4, 0.5) is 11.4 Å². The minimum Gasteiger partial charge on any atom is -0.320 e. The molecule has 0 bridgehead atoms. The van der Waals surface area contributed by atoms with Gasteiger partial charge in [0, 0.05) is 12.8 Å². The highest BCUT2D eigenvalue weighted by Gasteiger charge is 2.25. The third kappa shape index (κ3) is 3.40. The van der Waals surface area contributed by atoms with Crippen LogP contribution in [0.25, 0.3) is 0 Å². The van der Waals surface area contributed by atoms with Gasteiger partial charge in [0.1, 0.15) is 5.71 Å². The number of amides is 2. The molecule has 1 heterocycles. The number of carbonyl (C=O) groups is 2. The van der Waals surface area contributed by atoms with Crippen LogP contribution in [0.5, 0.6) is 0 Å². The molecule has 116 valence electrons. The number of nitrogens with zero attached hydrogens (tertiary/aromatic N) is 2. The summed E-state index contributed by atoms with van der Waals surface area (Å²) in [6.07, 6.45) is 0.544. The molecule has 0 unspecified atom stereocenters. The Morgan fingerprint density at radius 1 is 1.04 bits per heavy atom. The summed E-state index contributed by atoms with van der Waals surface area (Å²) in [5, 5.41) is 8.65. The average Bonchev–Trinajstić information content (AvgIpc) is 2.58. The van der Waals surface area contributed by atoms with Gasteiger partial charge >= 0.3 is 0 Å². The molecule has 0 saturated carbocycles. The number of benzene rings is 2. The van der Waals surface area contributed by atoms with Crippen LogP contribution in [0, 0.1) is 0 Å². The molecule has 23 heavy (non-hydrogen) atoms. The maximum atomic E-state index is 12.4. The van der Waals surface area contributed by atoms with Crippen molar-refractivity contribution in [1.29, 1.82) is 0 Å². The quantitative estimate of drug-likeness (QED) is 0.938. The normalized spacial score (nSPS) is 14.4. The van der Waals surface area contributed by atoms with Crippen LogP contribution < -0.4 is 10.3 Å². The summed E-state index contributed by atoms with van der Waals surface area (Å²) >= 11 is 6.04. The van der Waals surface area contributed by atoms with Gasteiger partial charge in [-0.1, -0.05) is 41.9 Å². The lowest BCUT2D eigenvalue weighted by Gasteiger charge is -2.23. The van der Waals surface area contributed by atoms with Crippen LogP contribution in [0.1, 0.15) is 12.8 Å². The van der Waals surface area contributed by atoms with E-state index in [9.17, 15) is 9.59 Å². The molecule has 1 aliphatic heterocycles. The van der Waals surface area contributed by atoms with E-state index in [1.807, 2.05) is 18.2 Å². The summed E-state index contributed by atoms with van der Waals surface area (Å²) in [4.78, 5) is 24.4. The summed E-state index contributed by atoms with van der Waals surface area (Å²) < 4.78 is 0. The van der Waals surface area contributed by atoms with Gasteiger partial charge in [-0.05, 0) is 24.3 Å². The zero-order valence-electron chi connectivity index (χ0n) is 12.2. The summed E-state index contributed by atoms with van der Waals surface area (Å²) in [6.45, 7) is 0. The Hall–Kier alpha value is -2.66. The third-order valence-electron chi connectivity index (χ3n) is 3.42. The zero-order chi connectivity index (χ0) is 16.2. The van der Waals surface area contributed by atoms with Gasteiger partial charge in [0.25, 0.3) is 5.91 Å². The second-order valence-corrected chi connectivity index (χ2v) is 5.43. The van der Waals surface area contributed by atoms with E-state index in [0.717, 1.165) is 0 Å². The minimum atomic E-state index is -0.355. The van der Waals surface area contributed by atoms with E-state index in [-0.39, 0.29) is 18.2 Å². The predicted molar refractivity (Wildman–Crippen MR) is 90.7 cm³/mol. The highest BCUT2D eigenvalue weighted by molar-refractivity contribution is 6.45. The van der Waals surface area contributed by atoms with Crippen molar-refractivity contribution in [3.8, 4) is 0 Å². The Kier molecular flexibility index (Phi) is 4.39. The predicted octanol–water partition coefficient (Wildman–Crippen LogP) is 3.46. The van der Waals surface area contributed by atoms with Crippen molar-refractivity contribution >= 4 is 40.5 Å². The first-order valence-electron chi connectivity index (χ1n) is 7.16. The molecule has 2 amide bonds. The molecular formula is C17H14ClN3O2. The number of hydrogen-bond acceptors (Lipinski definition) is 3. The lowest BCUT2D eigenvalue weighted by atomic mass is 10.1. The molecule has 3 rings (SSSR count). The third-order valence-corrected chi connectivity index (χ3v) is 3.75. The number of nitrogens with one attached hydrogen (secondary N) is 1. The van der Waals surface area contributed by atoms with Gasteiger partial charge in [0.15, 0.2) is 0 Å². The van der Waals surface area contributed by atoms with Crippen molar-refractivity contribution in [3.63, 3.8) is 0 Å². The van der Waals surface area contributed by atoms with Crippen molar-refractivity contribution < 1.29 is 9.59 Å². The molecule has 6 heteroatoms. The first kappa shape index (κ1) is 15.2. The number of halogens is 1. The molecule has 0 fully saturated rings. The van der Waals surface area contributed by atoms with Crippen molar-refractivity contribution in [3.05, 3.63) is 59.6 Å². The average molecular weight is 328 g/mol. The Morgan fingerprint density at radius 3 is 2.48 bits per heavy atom. The van der Waals surface area contributed by atoms with Gasteiger partial charge in [0.05, 0.1) is 16.4 Å². The highest BCUT2D eigenvalue weighted by atomic mass is 35.5. The standard InChI is InChI=1S/C17H14ClN3O2/c18-13-8-4-5-9-14(13)19-17(23)15-10-11-16(22)21(20-15)12-6-2-1-3-7-12/h1-9H,10-11H2,(H,19,23). The molecule has 2 aromatic carbocycles. The molecule has 1 N–H and O–H groups in total. The van der Waals surface area contributed by atoms with E-state index in [0.29, 0.717) is 28.5 Å². The van der Waals surface area contributed by atoms with Gasteiger partial charge in [-0.25, -0.2) is 5.01 Å². The molecule has 1 aliphatic rings. The molecule has 0 aromatic heterocycles. The number of para-hydroxylation sites is 2. The van der Waals surface area contributed by atoms with Crippen LogP contribution in [0.15, 0.2) is 59.7 Å². The van der Waals surface area contributed by atoms with Gasteiger partial charge in [-0.3, -0.25) is 9.59 Å². The smallest absolute Gasteiger partial charge is 0.271 e. The topological polar surface area (TPSA) is 61.8 Å². The van der Waals surface area contributed by atoms with Crippen molar-refractivity contribution in [2.24, 2.45) is 5.10 Å². The largest absolute Gasteiger partial charge is 0.320 e. The van der Waals surface area contributed by atoms with E-state index >= 15 is 0 Å². The molecule has 0 radical (unpaired) electrons. The van der Waals surface area contributed by atoms with Gasteiger partial charge in [-0.15, -0.1) is 0 Å². The van der Waals surface area contributed by atoms with E-state index in [4.69, 9.17) is 11.6 Å². The van der Waals surface area contributed by atoms with Crippen molar-refractivity contribution in [2.45, 2.75) is 12.8 Å².